The number of thioether (sulfide) groups is 1. The monoisotopic (exact) mass is 157 g/mol. The van der Waals surface area contributed by atoms with Crippen LogP contribution < -0.4 is 0 Å². The number of allylic oxidation sites excluding steroid dienone is 1. The number of rotatable bonds is 1. The topological polar surface area (TPSA) is 23.9 Å². The molecule has 0 aromatic heterocycles. The van der Waals surface area contributed by atoms with Crippen LogP contribution in [0.3, 0.4) is 0 Å². The van der Waals surface area contributed by atoms with Crippen LogP contribution in [0.15, 0.2) is 11.5 Å². The third-order valence-electron chi connectivity index (χ3n) is 0.813. The SMILES string of the molecule is CC(=N)S/C=C/C(C)(C)C. The van der Waals surface area contributed by atoms with Gasteiger partial charge in [0.15, 0.2) is 0 Å². The van der Waals surface area contributed by atoms with Crippen LogP contribution in [-0.4, -0.2) is 5.04 Å². The lowest BCUT2D eigenvalue weighted by Gasteiger charge is -2.10. The predicted octanol–water partition coefficient (Wildman–Crippen LogP) is 3.28. The van der Waals surface area contributed by atoms with Gasteiger partial charge in [0.25, 0.3) is 0 Å². The van der Waals surface area contributed by atoms with Gasteiger partial charge in [-0.15, -0.1) is 0 Å². The predicted molar refractivity (Wildman–Crippen MR) is 49.6 cm³/mol. The fraction of sp³-hybridized carbons (Fsp3) is 0.625. The van der Waals surface area contributed by atoms with Crippen molar-refractivity contribution in [3.05, 3.63) is 11.5 Å². The molecule has 0 aromatic rings. The zero-order valence-corrected chi connectivity index (χ0v) is 7.88. The maximum Gasteiger partial charge on any atom is 0.0652 e. The summed E-state index contributed by atoms with van der Waals surface area (Å²) in [6.07, 6.45) is 2.11. The van der Waals surface area contributed by atoms with Crippen LogP contribution in [0.2, 0.25) is 0 Å². The lowest BCUT2D eigenvalue weighted by Crippen LogP contribution is -1.97. The van der Waals surface area contributed by atoms with E-state index in [1.165, 1.54) is 11.8 Å². The Morgan fingerprint density at radius 3 is 2.20 bits per heavy atom. The Bertz CT molecular complexity index is 142. The highest BCUT2D eigenvalue weighted by atomic mass is 32.2. The van der Waals surface area contributed by atoms with Crippen LogP contribution >= 0.6 is 11.8 Å². The van der Waals surface area contributed by atoms with Crippen molar-refractivity contribution in [3.63, 3.8) is 0 Å². The van der Waals surface area contributed by atoms with Gasteiger partial charge in [-0.1, -0.05) is 38.6 Å². The van der Waals surface area contributed by atoms with E-state index in [0.717, 1.165) is 0 Å². The van der Waals surface area contributed by atoms with Crippen molar-refractivity contribution in [2.75, 3.05) is 0 Å². The van der Waals surface area contributed by atoms with Crippen LogP contribution in [0.5, 0.6) is 0 Å². The fourth-order valence-corrected chi connectivity index (χ4v) is 1.02. The highest BCUT2D eigenvalue weighted by Crippen LogP contribution is 2.17. The number of nitrogens with one attached hydrogen (secondary N) is 1. The Hall–Kier alpha value is -0.240. The molecule has 0 aliphatic rings. The van der Waals surface area contributed by atoms with Gasteiger partial charge in [-0.2, -0.15) is 0 Å². The summed E-state index contributed by atoms with van der Waals surface area (Å²) in [5, 5.41) is 9.73. The Labute approximate surface area is 67.4 Å². The van der Waals surface area contributed by atoms with E-state index in [1.807, 2.05) is 5.41 Å². The zero-order chi connectivity index (χ0) is 8.20. The molecule has 0 atom stereocenters. The van der Waals surface area contributed by atoms with E-state index < -0.39 is 0 Å². The van der Waals surface area contributed by atoms with Crippen LogP contribution in [0.1, 0.15) is 27.7 Å². The molecule has 0 aliphatic carbocycles. The molecule has 0 heterocycles. The molecule has 10 heavy (non-hydrogen) atoms. The average molecular weight is 157 g/mol. The lowest BCUT2D eigenvalue weighted by atomic mass is 9.98. The van der Waals surface area contributed by atoms with E-state index in [-0.39, 0.29) is 5.41 Å². The molecule has 0 unspecified atom stereocenters. The number of hydrogen-bond acceptors (Lipinski definition) is 2. The molecule has 0 spiro atoms. The summed E-state index contributed by atoms with van der Waals surface area (Å²) in [6, 6.07) is 0. The highest BCUT2D eigenvalue weighted by molar-refractivity contribution is 8.16. The second-order valence-electron chi connectivity index (χ2n) is 3.34. The minimum atomic E-state index is 0.239. The van der Waals surface area contributed by atoms with Crippen LogP contribution in [0.25, 0.3) is 0 Å². The summed E-state index contributed by atoms with van der Waals surface area (Å²) >= 11 is 1.46. The molecule has 58 valence electrons. The van der Waals surface area contributed by atoms with Crippen molar-refractivity contribution in [2.24, 2.45) is 5.41 Å². The van der Waals surface area contributed by atoms with E-state index in [4.69, 9.17) is 5.41 Å². The zero-order valence-electron chi connectivity index (χ0n) is 7.06. The molecule has 0 radical (unpaired) electrons. The summed E-state index contributed by atoms with van der Waals surface area (Å²) in [5.41, 5.74) is 0.239. The molecule has 0 aromatic carbocycles. The van der Waals surface area contributed by atoms with Crippen molar-refractivity contribution in [3.8, 4) is 0 Å². The second-order valence-corrected chi connectivity index (χ2v) is 4.46. The van der Waals surface area contributed by atoms with E-state index in [0.29, 0.717) is 5.04 Å². The first-order valence-corrected chi connectivity index (χ1v) is 4.19. The normalized spacial score (nSPS) is 12.4. The molecule has 2 heteroatoms. The van der Waals surface area contributed by atoms with Gasteiger partial charge in [0.1, 0.15) is 0 Å². The fourth-order valence-electron chi connectivity index (χ4n) is 0.340. The summed E-state index contributed by atoms with van der Waals surface area (Å²) < 4.78 is 0. The van der Waals surface area contributed by atoms with Crippen molar-refractivity contribution >= 4 is 16.8 Å². The van der Waals surface area contributed by atoms with Gasteiger partial charge in [-0.3, -0.25) is 5.41 Å². The van der Waals surface area contributed by atoms with Gasteiger partial charge in [0, 0.05) is 0 Å². The third kappa shape index (κ3) is 7.76. The molecule has 0 saturated carbocycles. The molecule has 0 bridgehead atoms. The Balaban J connectivity index is 3.67. The standard InChI is InChI=1S/C8H15NS/c1-7(9)10-6-5-8(2,3)4/h5-6,9H,1-4H3/b6-5+,9-7?. The Kier molecular flexibility index (Phi) is 3.72. The smallest absolute Gasteiger partial charge is 0.0652 e. The second kappa shape index (κ2) is 3.81. The van der Waals surface area contributed by atoms with Gasteiger partial charge in [-0.05, 0) is 17.7 Å². The van der Waals surface area contributed by atoms with E-state index >= 15 is 0 Å². The molecule has 0 fully saturated rings. The van der Waals surface area contributed by atoms with Gasteiger partial charge in [0.2, 0.25) is 0 Å². The maximum absolute atomic E-state index is 7.11. The lowest BCUT2D eigenvalue weighted by molar-refractivity contribution is 0.545. The van der Waals surface area contributed by atoms with E-state index in [1.54, 1.807) is 6.92 Å². The Morgan fingerprint density at radius 1 is 1.40 bits per heavy atom. The molecular formula is C8H15NS. The summed E-state index contributed by atoms with van der Waals surface area (Å²) in [6.45, 7) is 8.22. The third-order valence-corrected chi connectivity index (χ3v) is 1.44. The first kappa shape index (κ1) is 9.76. The molecular weight excluding hydrogens is 142 g/mol. The van der Waals surface area contributed by atoms with Gasteiger partial charge < -0.3 is 0 Å². The molecule has 1 N–H and O–H groups in total. The average Bonchev–Trinajstić information content (AvgIpc) is 1.59. The maximum atomic E-state index is 7.11. The molecule has 0 aliphatic heterocycles. The van der Waals surface area contributed by atoms with Crippen LogP contribution in [0, 0.1) is 10.8 Å². The van der Waals surface area contributed by atoms with Gasteiger partial charge in [0.05, 0.1) is 5.04 Å². The van der Waals surface area contributed by atoms with Gasteiger partial charge >= 0.3 is 0 Å². The largest absolute Gasteiger partial charge is 0.298 e. The molecule has 1 nitrogen and oxygen atoms in total. The summed E-state index contributed by atoms with van der Waals surface area (Å²) in [4.78, 5) is 0. The van der Waals surface area contributed by atoms with Crippen molar-refractivity contribution < 1.29 is 0 Å². The van der Waals surface area contributed by atoms with Crippen molar-refractivity contribution in [1.29, 1.82) is 5.41 Å². The highest BCUT2D eigenvalue weighted by Gasteiger charge is 2.02. The van der Waals surface area contributed by atoms with Crippen molar-refractivity contribution in [2.45, 2.75) is 27.7 Å². The Morgan fingerprint density at radius 2 is 1.90 bits per heavy atom. The van der Waals surface area contributed by atoms with Crippen LogP contribution in [-0.2, 0) is 0 Å². The minimum Gasteiger partial charge on any atom is -0.298 e. The van der Waals surface area contributed by atoms with E-state index in [9.17, 15) is 0 Å². The summed E-state index contributed by atoms with van der Waals surface area (Å²) in [5.74, 6) is 0. The molecule has 0 amide bonds. The van der Waals surface area contributed by atoms with Gasteiger partial charge in [-0.25, -0.2) is 0 Å². The number of hydrogen-bond donors (Lipinski definition) is 1. The van der Waals surface area contributed by atoms with E-state index in [2.05, 4.69) is 26.8 Å². The first-order chi connectivity index (χ1) is 4.42. The quantitative estimate of drug-likeness (QED) is 0.458. The van der Waals surface area contributed by atoms with Crippen molar-refractivity contribution in [1.82, 2.24) is 0 Å². The first-order valence-electron chi connectivity index (χ1n) is 3.31. The molecule has 0 rings (SSSR count). The van der Waals surface area contributed by atoms with Crippen LogP contribution in [0.4, 0.5) is 0 Å². The minimum absolute atomic E-state index is 0.239. The molecule has 0 saturated heterocycles. The summed E-state index contributed by atoms with van der Waals surface area (Å²) in [7, 11) is 0.